The summed E-state index contributed by atoms with van der Waals surface area (Å²) in [5.41, 5.74) is 2.96. The van der Waals surface area contributed by atoms with Gasteiger partial charge in [-0.2, -0.15) is 0 Å². The lowest BCUT2D eigenvalue weighted by Gasteiger charge is -2.15. The van der Waals surface area contributed by atoms with E-state index in [0.29, 0.717) is 6.04 Å². The summed E-state index contributed by atoms with van der Waals surface area (Å²) in [6.45, 7) is 2.26. The fourth-order valence-electron chi connectivity index (χ4n) is 2.11. The van der Waals surface area contributed by atoms with Crippen LogP contribution in [0.15, 0.2) is 33.6 Å². The molecule has 0 saturated carbocycles. The Hall–Kier alpha value is -0.0300. The standard InChI is InChI=1S/C16H27BrN2S/c1-2-3-4-5-6-7-8-15(19-18)13-20-16-11-9-14(17)10-12-16/h9-12,15,19H,2-8,13,18H2,1H3. The predicted molar refractivity (Wildman–Crippen MR) is 94.0 cm³/mol. The molecule has 0 heterocycles. The summed E-state index contributed by atoms with van der Waals surface area (Å²) < 4.78 is 1.13. The summed E-state index contributed by atoms with van der Waals surface area (Å²) in [7, 11) is 0. The largest absolute Gasteiger partial charge is 0.271 e. The van der Waals surface area contributed by atoms with Gasteiger partial charge < -0.3 is 0 Å². The Morgan fingerprint density at radius 3 is 2.40 bits per heavy atom. The lowest BCUT2D eigenvalue weighted by molar-refractivity contribution is 0.494. The minimum absolute atomic E-state index is 0.412. The molecule has 20 heavy (non-hydrogen) atoms. The summed E-state index contributed by atoms with van der Waals surface area (Å²) in [6.07, 6.45) is 9.22. The van der Waals surface area contributed by atoms with Crippen LogP contribution in [0.3, 0.4) is 0 Å². The van der Waals surface area contributed by atoms with Gasteiger partial charge in [0.1, 0.15) is 0 Å². The van der Waals surface area contributed by atoms with Crippen molar-refractivity contribution in [2.45, 2.75) is 62.8 Å². The molecule has 0 bridgehead atoms. The average Bonchev–Trinajstić information content (AvgIpc) is 2.47. The Balaban J connectivity index is 2.14. The minimum Gasteiger partial charge on any atom is -0.271 e. The molecule has 0 spiro atoms. The maximum absolute atomic E-state index is 5.65. The van der Waals surface area contributed by atoms with E-state index in [0.717, 1.165) is 10.2 Å². The SMILES string of the molecule is CCCCCCCCC(CSc1ccc(Br)cc1)NN. The van der Waals surface area contributed by atoms with E-state index >= 15 is 0 Å². The third-order valence-corrected chi connectivity index (χ3v) is 5.11. The molecule has 2 nitrogen and oxygen atoms in total. The van der Waals surface area contributed by atoms with E-state index in [9.17, 15) is 0 Å². The van der Waals surface area contributed by atoms with Crippen molar-refractivity contribution >= 4 is 27.7 Å². The Morgan fingerprint density at radius 1 is 1.10 bits per heavy atom. The number of nitrogens with two attached hydrogens (primary N) is 1. The van der Waals surface area contributed by atoms with Gasteiger partial charge in [0.15, 0.2) is 0 Å². The summed E-state index contributed by atoms with van der Waals surface area (Å²) in [4.78, 5) is 1.30. The molecule has 0 aliphatic heterocycles. The van der Waals surface area contributed by atoms with E-state index in [1.807, 2.05) is 11.8 Å². The monoisotopic (exact) mass is 358 g/mol. The van der Waals surface area contributed by atoms with E-state index < -0.39 is 0 Å². The van der Waals surface area contributed by atoms with Gasteiger partial charge in [-0.15, -0.1) is 11.8 Å². The van der Waals surface area contributed by atoms with Gasteiger partial charge in [0.05, 0.1) is 0 Å². The highest BCUT2D eigenvalue weighted by Crippen LogP contribution is 2.22. The molecule has 0 saturated heterocycles. The number of rotatable bonds is 11. The second-order valence-electron chi connectivity index (χ2n) is 5.18. The zero-order chi connectivity index (χ0) is 14.6. The highest BCUT2D eigenvalue weighted by Gasteiger charge is 2.07. The Bertz CT molecular complexity index is 343. The van der Waals surface area contributed by atoms with Crippen LogP contribution in [-0.4, -0.2) is 11.8 Å². The molecule has 1 aromatic carbocycles. The van der Waals surface area contributed by atoms with Gasteiger partial charge in [-0.05, 0) is 30.7 Å². The number of thioether (sulfide) groups is 1. The smallest absolute Gasteiger partial charge is 0.0304 e. The zero-order valence-corrected chi connectivity index (χ0v) is 14.8. The molecule has 1 unspecified atom stereocenters. The van der Waals surface area contributed by atoms with Crippen molar-refractivity contribution in [1.29, 1.82) is 0 Å². The van der Waals surface area contributed by atoms with Crippen LogP contribution in [0.25, 0.3) is 0 Å². The molecule has 1 rings (SSSR count). The first-order chi connectivity index (χ1) is 9.76. The van der Waals surface area contributed by atoms with Crippen LogP contribution >= 0.6 is 27.7 Å². The van der Waals surface area contributed by atoms with Crippen molar-refractivity contribution < 1.29 is 0 Å². The molecule has 0 aliphatic rings. The minimum atomic E-state index is 0.412. The molecular formula is C16H27BrN2S. The second kappa shape index (κ2) is 11.6. The zero-order valence-electron chi connectivity index (χ0n) is 12.4. The van der Waals surface area contributed by atoms with Crippen molar-refractivity contribution in [1.82, 2.24) is 5.43 Å². The van der Waals surface area contributed by atoms with Crippen LogP contribution in [-0.2, 0) is 0 Å². The van der Waals surface area contributed by atoms with Crippen LogP contribution in [0.1, 0.15) is 51.9 Å². The van der Waals surface area contributed by atoms with Crippen LogP contribution in [0.5, 0.6) is 0 Å². The fraction of sp³-hybridized carbons (Fsp3) is 0.625. The van der Waals surface area contributed by atoms with Gasteiger partial charge in [-0.25, -0.2) is 0 Å². The molecule has 0 aliphatic carbocycles. The van der Waals surface area contributed by atoms with Crippen molar-refractivity contribution in [3.8, 4) is 0 Å². The number of halogens is 1. The van der Waals surface area contributed by atoms with Gasteiger partial charge in [0.2, 0.25) is 0 Å². The molecular weight excluding hydrogens is 332 g/mol. The van der Waals surface area contributed by atoms with Crippen molar-refractivity contribution in [2.75, 3.05) is 5.75 Å². The van der Waals surface area contributed by atoms with Gasteiger partial charge in [-0.3, -0.25) is 11.3 Å². The van der Waals surface area contributed by atoms with Crippen LogP contribution in [0, 0.1) is 0 Å². The first kappa shape index (κ1) is 18.0. The summed E-state index contributed by atoms with van der Waals surface area (Å²) in [5, 5.41) is 0. The first-order valence-electron chi connectivity index (χ1n) is 7.60. The van der Waals surface area contributed by atoms with Crippen molar-refractivity contribution in [2.24, 2.45) is 5.84 Å². The number of hydrogen-bond donors (Lipinski definition) is 2. The van der Waals surface area contributed by atoms with E-state index in [4.69, 9.17) is 5.84 Å². The Kier molecular flexibility index (Phi) is 10.5. The van der Waals surface area contributed by atoms with E-state index in [-0.39, 0.29) is 0 Å². The molecule has 3 N–H and O–H groups in total. The first-order valence-corrected chi connectivity index (χ1v) is 9.38. The van der Waals surface area contributed by atoms with Gasteiger partial charge in [0.25, 0.3) is 0 Å². The summed E-state index contributed by atoms with van der Waals surface area (Å²) in [6, 6.07) is 8.87. The third-order valence-electron chi connectivity index (χ3n) is 3.41. The van der Waals surface area contributed by atoms with Crippen LogP contribution in [0.4, 0.5) is 0 Å². The van der Waals surface area contributed by atoms with E-state index in [1.165, 1.54) is 49.8 Å². The van der Waals surface area contributed by atoms with Crippen LogP contribution in [0.2, 0.25) is 0 Å². The number of hydrazine groups is 1. The highest BCUT2D eigenvalue weighted by atomic mass is 79.9. The molecule has 0 radical (unpaired) electrons. The molecule has 114 valence electrons. The predicted octanol–water partition coefficient (Wildman–Crippen LogP) is 5.12. The Labute approximate surface area is 136 Å². The van der Waals surface area contributed by atoms with Gasteiger partial charge in [-0.1, -0.05) is 61.4 Å². The fourth-order valence-corrected chi connectivity index (χ4v) is 3.36. The number of benzene rings is 1. The van der Waals surface area contributed by atoms with Crippen molar-refractivity contribution in [3.63, 3.8) is 0 Å². The Morgan fingerprint density at radius 2 is 1.75 bits per heavy atom. The normalized spacial score (nSPS) is 12.6. The molecule has 0 aromatic heterocycles. The molecule has 1 atom stereocenters. The number of unbranched alkanes of at least 4 members (excludes halogenated alkanes) is 5. The maximum Gasteiger partial charge on any atom is 0.0304 e. The number of nitrogens with one attached hydrogen (secondary N) is 1. The average molecular weight is 359 g/mol. The molecule has 0 fully saturated rings. The quantitative estimate of drug-likeness (QED) is 0.249. The third kappa shape index (κ3) is 8.30. The lowest BCUT2D eigenvalue weighted by Crippen LogP contribution is -2.36. The second-order valence-corrected chi connectivity index (χ2v) is 7.19. The number of hydrogen-bond acceptors (Lipinski definition) is 3. The summed E-state index contributed by atoms with van der Waals surface area (Å²) >= 11 is 5.33. The van der Waals surface area contributed by atoms with Gasteiger partial charge >= 0.3 is 0 Å². The summed E-state index contributed by atoms with van der Waals surface area (Å²) in [5.74, 6) is 6.69. The maximum atomic E-state index is 5.65. The molecule has 1 aromatic rings. The van der Waals surface area contributed by atoms with Gasteiger partial charge in [0, 0.05) is 21.2 Å². The molecule has 4 heteroatoms. The van der Waals surface area contributed by atoms with Crippen molar-refractivity contribution in [3.05, 3.63) is 28.7 Å². The molecule has 0 amide bonds. The highest BCUT2D eigenvalue weighted by molar-refractivity contribution is 9.10. The van der Waals surface area contributed by atoms with E-state index in [2.05, 4.69) is 52.5 Å². The van der Waals surface area contributed by atoms with E-state index in [1.54, 1.807) is 0 Å². The lowest BCUT2D eigenvalue weighted by atomic mass is 10.1. The topological polar surface area (TPSA) is 38.0 Å². The van der Waals surface area contributed by atoms with Crippen LogP contribution < -0.4 is 11.3 Å².